The summed E-state index contributed by atoms with van der Waals surface area (Å²) in [5.41, 5.74) is 10.7. The molecule has 0 radical (unpaired) electrons. The predicted molar refractivity (Wildman–Crippen MR) is 125 cm³/mol. The van der Waals surface area contributed by atoms with Crippen molar-refractivity contribution in [2.75, 3.05) is 26.7 Å². The molecule has 0 aromatic carbocycles. The van der Waals surface area contributed by atoms with Gasteiger partial charge in [0.1, 0.15) is 24.4 Å². The van der Waals surface area contributed by atoms with Crippen LogP contribution in [0, 0.1) is 0 Å². The van der Waals surface area contributed by atoms with Crippen LogP contribution in [0.4, 0.5) is 0 Å². The number of carbonyl (C=O) groups excluding carboxylic acids is 3. The summed E-state index contributed by atoms with van der Waals surface area (Å²) in [6.07, 6.45) is -1.24. The monoisotopic (exact) mass is 501 g/mol. The third kappa shape index (κ3) is 9.24. The van der Waals surface area contributed by atoms with Gasteiger partial charge in [-0.25, -0.2) is 0 Å². The number of nitrogens with two attached hydrogens (primary N) is 2. The average Bonchev–Trinajstić information content (AvgIpc) is 3.24. The highest BCUT2D eigenvalue weighted by atomic mass is 16.8. The molecule has 35 heavy (non-hydrogen) atoms. The first-order chi connectivity index (χ1) is 16.4. The van der Waals surface area contributed by atoms with Crippen LogP contribution in [0.2, 0.25) is 0 Å². The minimum atomic E-state index is -0.835. The molecule has 2 rings (SSSR count). The van der Waals surface area contributed by atoms with Crippen LogP contribution in [-0.2, 0) is 38.1 Å². The van der Waals surface area contributed by atoms with Gasteiger partial charge in [0.15, 0.2) is 11.7 Å². The van der Waals surface area contributed by atoms with E-state index in [0.717, 1.165) is 0 Å². The molecule has 6 atom stereocenters. The van der Waals surface area contributed by atoms with Gasteiger partial charge in [0.05, 0.1) is 32.3 Å². The molecule has 2 heterocycles. The van der Waals surface area contributed by atoms with Gasteiger partial charge in [-0.3, -0.25) is 19.4 Å². The summed E-state index contributed by atoms with van der Waals surface area (Å²) in [5.74, 6) is -1.93. The van der Waals surface area contributed by atoms with Crippen molar-refractivity contribution in [2.45, 2.75) is 89.3 Å². The van der Waals surface area contributed by atoms with Crippen LogP contribution in [0.5, 0.6) is 0 Å². The van der Waals surface area contributed by atoms with Crippen LogP contribution in [0.3, 0.4) is 0 Å². The Kier molecular flexibility index (Phi) is 10.7. The zero-order valence-electron chi connectivity index (χ0n) is 21.1. The van der Waals surface area contributed by atoms with Gasteiger partial charge in [-0.05, 0) is 33.6 Å². The molecule has 0 bridgehead atoms. The fourth-order valence-electron chi connectivity index (χ4n) is 4.15. The van der Waals surface area contributed by atoms with Crippen LogP contribution < -0.4 is 22.1 Å². The predicted octanol–water partition coefficient (Wildman–Crippen LogP) is -1.08. The topological polar surface area (TPSA) is 186 Å². The fourth-order valence-corrected chi connectivity index (χ4v) is 4.15. The van der Waals surface area contributed by atoms with Gasteiger partial charge < -0.3 is 45.8 Å². The number of ether oxygens (including phenoxy) is 5. The molecule has 0 aromatic rings. The molecule has 0 spiro atoms. The maximum absolute atomic E-state index is 12.5. The Morgan fingerprint density at radius 3 is 2.40 bits per heavy atom. The Hall–Kier alpha value is -2.48. The Labute approximate surface area is 205 Å². The van der Waals surface area contributed by atoms with E-state index >= 15 is 0 Å². The number of nitrogens with zero attached hydrogens (tertiary/aromatic N) is 1. The Morgan fingerprint density at radius 2 is 1.80 bits per heavy atom. The summed E-state index contributed by atoms with van der Waals surface area (Å²) in [4.78, 5) is 39.7. The smallest absolute Gasteiger partial charge is 0.322 e. The molecule has 2 saturated heterocycles. The number of esters is 2. The van der Waals surface area contributed by atoms with Crippen molar-refractivity contribution in [2.24, 2.45) is 16.5 Å². The Bertz CT molecular complexity index is 773. The third-order valence-corrected chi connectivity index (χ3v) is 5.58. The molecule has 13 heteroatoms. The molecule has 0 aliphatic carbocycles. The molecule has 200 valence electrons. The summed E-state index contributed by atoms with van der Waals surface area (Å²) < 4.78 is 28.1. The van der Waals surface area contributed by atoms with Gasteiger partial charge in [0.2, 0.25) is 5.91 Å². The van der Waals surface area contributed by atoms with E-state index in [1.54, 1.807) is 20.8 Å². The van der Waals surface area contributed by atoms with Crippen LogP contribution in [-0.4, -0.2) is 92.9 Å². The van der Waals surface area contributed by atoms with E-state index in [1.807, 2.05) is 0 Å². The number of aliphatic imine (C=N–C) groups is 1. The van der Waals surface area contributed by atoms with Gasteiger partial charge in [0.25, 0.3) is 0 Å². The van der Waals surface area contributed by atoms with Crippen molar-refractivity contribution in [3.8, 4) is 0 Å². The van der Waals surface area contributed by atoms with Crippen molar-refractivity contribution < 1.29 is 38.1 Å². The number of guanidine groups is 1. The lowest BCUT2D eigenvalue weighted by Crippen LogP contribution is -2.45. The number of methoxy groups -OCH3 is 1. The number of carbonyl (C=O) groups is 3. The lowest BCUT2D eigenvalue weighted by Gasteiger charge is -2.25. The third-order valence-electron chi connectivity index (χ3n) is 5.58. The maximum atomic E-state index is 12.5. The Morgan fingerprint density at radius 1 is 1.14 bits per heavy atom. The summed E-state index contributed by atoms with van der Waals surface area (Å²) in [6, 6.07) is -0.586. The van der Waals surface area contributed by atoms with E-state index in [0.29, 0.717) is 19.4 Å². The summed E-state index contributed by atoms with van der Waals surface area (Å²) in [6.45, 7) is 7.46. The van der Waals surface area contributed by atoms with Crippen molar-refractivity contribution in [1.29, 1.82) is 0 Å². The van der Waals surface area contributed by atoms with Gasteiger partial charge in [-0.1, -0.05) is 0 Å². The molecule has 0 aromatic heterocycles. The summed E-state index contributed by atoms with van der Waals surface area (Å²) >= 11 is 0. The first-order valence-corrected chi connectivity index (χ1v) is 11.7. The molecule has 0 unspecified atom stereocenters. The number of fused-ring (bicyclic) bond motifs is 1. The van der Waals surface area contributed by atoms with Crippen molar-refractivity contribution >= 4 is 23.8 Å². The highest BCUT2D eigenvalue weighted by Gasteiger charge is 2.55. The standard InChI is InChI=1S/C22H39N5O8/c1-12(32-13(2)28)10-27-17(29)9-15-18-19(35-22(3,4)34-18)16(33-15)11-26-14(20(30)31-5)7-6-8-25-21(23)24/h12,14-16,18-19,26H,6-11H2,1-5H3,(H,27,29)(H4,23,24,25)/t12-,14+,15-,16+,18+,19-/m1/s1. The molecule has 13 nitrogen and oxygen atoms in total. The molecule has 2 aliphatic heterocycles. The summed E-state index contributed by atoms with van der Waals surface area (Å²) in [5, 5.41) is 5.92. The second-order valence-electron chi connectivity index (χ2n) is 9.14. The minimum Gasteiger partial charge on any atom is -0.468 e. The number of rotatable bonds is 13. The average molecular weight is 502 g/mol. The lowest BCUT2D eigenvalue weighted by molar-refractivity contribution is -0.187. The largest absolute Gasteiger partial charge is 0.468 e. The summed E-state index contributed by atoms with van der Waals surface area (Å²) in [7, 11) is 1.32. The van der Waals surface area contributed by atoms with Crippen molar-refractivity contribution in [3.05, 3.63) is 0 Å². The normalized spacial score (nSPS) is 26.3. The fraction of sp³-hybridized carbons (Fsp3) is 0.818. The molecule has 2 fully saturated rings. The zero-order valence-corrected chi connectivity index (χ0v) is 21.1. The van der Waals surface area contributed by atoms with E-state index in [2.05, 4.69) is 15.6 Å². The van der Waals surface area contributed by atoms with E-state index in [1.165, 1.54) is 14.0 Å². The number of amides is 1. The number of hydrogen-bond acceptors (Lipinski definition) is 10. The molecular formula is C22H39N5O8. The van der Waals surface area contributed by atoms with Gasteiger partial charge >= 0.3 is 11.9 Å². The molecule has 6 N–H and O–H groups in total. The minimum absolute atomic E-state index is 0.00474. The van der Waals surface area contributed by atoms with E-state index in [9.17, 15) is 14.4 Å². The van der Waals surface area contributed by atoms with E-state index < -0.39 is 54.3 Å². The van der Waals surface area contributed by atoms with E-state index in [-0.39, 0.29) is 31.4 Å². The quantitative estimate of drug-likeness (QED) is 0.104. The molecule has 1 amide bonds. The van der Waals surface area contributed by atoms with E-state index in [4.69, 9.17) is 35.2 Å². The van der Waals surface area contributed by atoms with Gasteiger partial charge in [-0.15, -0.1) is 0 Å². The van der Waals surface area contributed by atoms with Crippen LogP contribution in [0.25, 0.3) is 0 Å². The maximum Gasteiger partial charge on any atom is 0.322 e. The second-order valence-corrected chi connectivity index (χ2v) is 9.14. The van der Waals surface area contributed by atoms with Crippen molar-refractivity contribution in [3.63, 3.8) is 0 Å². The second kappa shape index (κ2) is 13.0. The first-order valence-electron chi connectivity index (χ1n) is 11.7. The van der Waals surface area contributed by atoms with Crippen LogP contribution in [0.15, 0.2) is 4.99 Å². The zero-order chi connectivity index (χ0) is 26.2. The van der Waals surface area contributed by atoms with Gasteiger partial charge in [-0.2, -0.15) is 0 Å². The highest BCUT2D eigenvalue weighted by Crippen LogP contribution is 2.39. The lowest BCUT2D eigenvalue weighted by atomic mass is 10.0. The Balaban J connectivity index is 1.95. The first kappa shape index (κ1) is 28.8. The van der Waals surface area contributed by atoms with Crippen LogP contribution >= 0.6 is 0 Å². The SMILES string of the molecule is COC(=O)[C@H](CCCN=C(N)N)NC[C@@H]1O[C@H](CC(=O)NC[C@@H](C)OC(C)=O)[C@@H]2OC(C)(C)O[C@@H]21. The molecule has 0 saturated carbocycles. The molecule has 2 aliphatic rings. The molecular weight excluding hydrogens is 462 g/mol. The highest BCUT2D eigenvalue weighted by molar-refractivity contribution is 5.77. The van der Waals surface area contributed by atoms with Crippen molar-refractivity contribution in [1.82, 2.24) is 10.6 Å². The number of hydrogen-bond donors (Lipinski definition) is 4. The van der Waals surface area contributed by atoms with Crippen LogP contribution in [0.1, 0.15) is 47.0 Å². The number of nitrogens with one attached hydrogen (secondary N) is 2. The van der Waals surface area contributed by atoms with Gasteiger partial charge in [0, 0.05) is 20.0 Å².